The van der Waals surface area contributed by atoms with Crippen LogP contribution in [-0.2, 0) is 9.59 Å². The molecule has 1 atom stereocenters. The predicted octanol–water partition coefficient (Wildman–Crippen LogP) is 3.15. The zero-order valence-electron chi connectivity index (χ0n) is 17.3. The summed E-state index contributed by atoms with van der Waals surface area (Å²) >= 11 is 1.11. The Morgan fingerprint density at radius 2 is 2.03 bits per heavy atom. The normalized spacial score (nSPS) is 15.9. The second-order valence-corrected chi connectivity index (χ2v) is 7.79. The van der Waals surface area contributed by atoms with Gasteiger partial charge in [-0.05, 0) is 38.1 Å². The lowest BCUT2D eigenvalue weighted by atomic mass is 9.85. The van der Waals surface area contributed by atoms with E-state index in [1.807, 2.05) is 0 Å². The zero-order valence-corrected chi connectivity index (χ0v) is 18.1. The van der Waals surface area contributed by atoms with Crippen LogP contribution in [0, 0.1) is 18.3 Å². The Morgan fingerprint density at radius 3 is 2.65 bits per heavy atom. The van der Waals surface area contributed by atoms with Crippen molar-refractivity contribution >= 4 is 29.3 Å². The molecule has 1 aliphatic rings. The van der Waals surface area contributed by atoms with Crippen molar-refractivity contribution in [2.75, 3.05) is 18.2 Å². The van der Waals surface area contributed by atoms with Gasteiger partial charge in [0.2, 0.25) is 5.91 Å². The molecule has 3 rings (SSSR count). The van der Waals surface area contributed by atoms with Gasteiger partial charge in [0.25, 0.3) is 5.91 Å². The van der Waals surface area contributed by atoms with Crippen LogP contribution < -0.4 is 21.1 Å². The van der Waals surface area contributed by atoms with E-state index in [4.69, 9.17) is 14.9 Å². The Morgan fingerprint density at radius 1 is 1.29 bits per heavy atom. The Labute approximate surface area is 184 Å². The van der Waals surface area contributed by atoms with E-state index in [0.717, 1.165) is 11.8 Å². The quantitative estimate of drug-likeness (QED) is 0.605. The van der Waals surface area contributed by atoms with Crippen LogP contribution in [-0.4, -0.2) is 24.7 Å². The van der Waals surface area contributed by atoms with Gasteiger partial charge >= 0.3 is 0 Å². The van der Waals surface area contributed by atoms with Gasteiger partial charge in [-0.15, -0.1) is 0 Å². The number of ether oxygens (including phenoxy) is 1. The van der Waals surface area contributed by atoms with Crippen LogP contribution in [0.4, 0.5) is 5.69 Å². The molecule has 2 heterocycles. The van der Waals surface area contributed by atoms with Gasteiger partial charge in [0.1, 0.15) is 17.3 Å². The Balaban J connectivity index is 2.05. The Hall–Kier alpha value is -3.64. The molecular weight excluding hydrogens is 416 g/mol. The number of allylic oxidation sites excluding steroid dienone is 2. The lowest BCUT2D eigenvalue weighted by Gasteiger charge is -2.28. The fraction of sp³-hybridized carbons (Fsp3) is 0.227. The minimum Gasteiger partial charge on any atom is -0.495 e. The number of para-hydroxylation sites is 2. The van der Waals surface area contributed by atoms with Crippen LogP contribution in [0.5, 0.6) is 5.75 Å². The number of nitrogens with zero attached hydrogens (tertiary/aromatic N) is 1. The van der Waals surface area contributed by atoms with Gasteiger partial charge in [0.05, 0.1) is 46.7 Å². The number of nitrogens with one attached hydrogen (secondary N) is 2. The SMILES string of the molecule is COc1ccccc1NC(=O)C1=C(C)NC(SCC(N)=O)=C(C#N)[C@@H]1c1ccc(C)o1. The highest BCUT2D eigenvalue weighted by molar-refractivity contribution is 8.03. The van der Waals surface area contributed by atoms with E-state index in [1.165, 1.54) is 7.11 Å². The average Bonchev–Trinajstić information content (AvgIpc) is 3.17. The highest BCUT2D eigenvalue weighted by atomic mass is 32.2. The monoisotopic (exact) mass is 438 g/mol. The maximum Gasteiger partial charge on any atom is 0.254 e. The van der Waals surface area contributed by atoms with Gasteiger partial charge in [0, 0.05) is 5.70 Å². The van der Waals surface area contributed by atoms with Crippen LogP contribution in [0.3, 0.4) is 0 Å². The molecule has 1 aliphatic heterocycles. The smallest absolute Gasteiger partial charge is 0.254 e. The standard InChI is InChI=1S/C22H22N4O4S/c1-12-8-9-17(30-12)20-14(10-23)22(31-11-18(24)27)25-13(2)19(20)21(28)26-15-6-4-5-7-16(15)29-3/h4-9,20,25H,11H2,1-3H3,(H2,24,27)(H,26,28)/t20-/m1/s1. The number of furan rings is 1. The summed E-state index contributed by atoms with van der Waals surface area (Å²) < 4.78 is 11.1. The van der Waals surface area contributed by atoms with Crippen LogP contribution in [0.15, 0.2) is 62.7 Å². The number of hydrogen-bond donors (Lipinski definition) is 3. The summed E-state index contributed by atoms with van der Waals surface area (Å²) in [5.41, 5.74) is 6.92. The topological polar surface area (TPSA) is 130 Å². The van der Waals surface area contributed by atoms with E-state index < -0.39 is 17.7 Å². The van der Waals surface area contributed by atoms with Gasteiger partial charge in [-0.25, -0.2) is 0 Å². The van der Waals surface area contributed by atoms with E-state index >= 15 is 0 Å². The molecular formula is C22H22N4O4S. The number of amides is 2. The number of hydrogen-bond acceptors (Lipinski definition) is 7. The molecule has 31 heavy (non-hydrogen) atoms. The number of dihydropyridines is 1. The molecule has 0 spiro atoms. The van der Waals surface area contributed by atoms with Crippen LogP contribution in [0.2, 0.25) is 0 Å². The minimum atomic E-state index is -0.745. The van der Waals surface area contributed by atoms with Gasteiger partial charge in [-0.3, -0.25) is 9.59 Å². The number of methoxy groups -OCH3 is 1. The maximum atomic E-state index is 13.4. The first-order valence-electron chi connectivity index (χ1n) is 9.39. The Kier molecular flexibility index (Phi) is 6.72. The number of thioether (sulfide) groups is 1. The van der Waals surface area contributed by atoms with Crippen molar-refractivity contribution < 1.29 is 18.7 Å². The molecule has 2 amide bonds. The molecule has 1 aromatic heterocycles. The summed E-state index contributed by atoms with van der Waals surface area (Å²) in [5.74, 6) is -0.0462. The van der Waals surface area contributed by atoms with Crippen molar-refractivity contribution in [3.8, 4) is 11.8 Å². The molecule has 0 fully saturated rings. The number of primary amides is 1. The number of nitriles is 1. The van der Waals surface area contributed by atoms with Crippen molar-refractivity contribution in [2.45, 2.75) is 19.8 Å². The van der Waals surface area contributed by atoms with Crippen molar-refractivity contribution in [3.05, 3.63) is 69.8 Å². The average molecular weight is 439 g/mol. The number of carbonyl (C=O) groups is 2. The molecule has 9 heteroatoms. The molecule has 0 saturated carbocycles. The largest absolute Gasteiger partial charge is 0.495 e. The molecule has 160 valence electrons. The summed E-state index contributed by atoms with van der Waals surface area (Å²) in [6, 6.07) is 12.7. The Bertz CT molecular complexity index is 1130. The van der Waals surface area contributed by atoms with E-state index in [-0.39, 0.29) is 11.3 Å². The van der Waals surface area contributed by atoms with Crippen molar-refractivity contribution in [1.29, 1.82) is 5.26 Å². The van der Waals surface area contributed by atoms with E-state index in [1.54, 1.807) is 50.2 Å². The van der Waals surface area contributed by atoms with Crippen LogP contribution in [0.1, 0.15) is 24.4 Å². The molecule has 4 N–H and O–H groups in total. The first-order chi connectivity index (χ1) is 14.8. The first-order valence-corrected chi connectivity index (χ1v) is 10.4. The fourth-order valence-corrected chi connectivity index (χ4v) is 4.13. The van der Waals surface area contributed by atoms with Gasteiger partial charge < -0.3 is 25.5 Å². The van der Waals surface area contributed by atoms with Crippen LogP contribution >= 0.6 is 11.8 Å². The van der Waals surface area contributed by atoms with E-state index in [2.05, 4.69) is 16.7 Å². The predicted molar refractivity (Wildman–Crippen MR) is 118 cm³/mol. The van der Waals surface area contributed by atoms with Gasteiger partial charge in [0.15, 0.2) is 0 Å². The minimum absolute atomic E-state index is 0.00651. The number of rotatable bonds is 7. The summed E-state index contributed by atoms with van der Waals surface area (Å²) in [7, 11) is 1.52. The van der Waals surface area contributed by atoms with Crippen LogP contribution in [0.25, 0.3) is 0 Å². The van der Waals surface area contributed by atoms with Crippen molar-refractivity contribution in [3.63, 3.8) is 0 Å². The second-order valence-electron chi connectivity index (χ2n) is 6.81. The van der Waals surface area contributed by atoms with Crippen molar-refractivity contribution in [2.24, 2.45) is 5.73 Å². The number of carbonyl (C=O) groups excluding carboxylic acids is 2. The number of benzene rings is 1. The lowest BCUT2D eigenvalue weighted by molar-refractivity contribution is -0.115. The maximum absolute atomic E-state index is 13.4. The number of aryl methyl sites for hydroxylation is 1. The number of anilines is 1. The van der Waals surface area contributed by atoms with Gasteiger partial charge in [-0.2, -0.15) is 5.26 Å². The fourth-order valence-electron chi connectivity index (χ4n) is 3.30. The number of nitrogens with two attached hydrogens (primary N) is 1. The third-order valence-corrected chi connectivity index (χ3v) is 5.69. The molecule has 0 radical (unpaired) electrons. The summed E-state index contributed by atoms with van der Waals surface area (Å²) in [6.45, 7) is 3.52. The third kappa shape index (κ3) is 4.75. The molecule has 1 aromatic carbocycles. The summed E-state index contributed by atoms with van der Waals surface area (Å²) in [5, 5.41) is 16.3. The second kappa shape index (κ2) is 9.45. The molecule has 0 unspecified atom stereocenters. The highest BCUT2D eigenvalue weighted by Crippen LogP contribution is 2.41. The molecule has 0 bridgehead atoms. The van der Waals surface area contributed by atoms with Gasteiger partial charge in [-0.1, -0.05) is 23.9 Å². The molecule has 8 nitrogen and oxygen atoms in total. The zero-order chi connectivity index (χ0) is 22.5. The van der Waals surface area contributed by atoms with E-state index in [9.17, 15) is 14.9 Å². The molecule has 2 aromatic rings. The molecule has 0 saturated heterocycles. The summed E-state index contributed by atoms with van der Waals surface area (Å²) in [6.07, 6.45) is 0. The lowest BCUT2D eigenvalue weighted by Crippen LogP contribution is -2.31. The van der Waals surface area contributed by atoms with E-state index in [0.29, 0.717) is 39.3 Å². The summed E-state index contributed by atoms with van der Waals surface area (Å²) in [4.78, 5) is 24.6. The molecule has 0 aliphatic carbocycles. The highest BCUT2D eigenvalue weighted by Gasteiger charge is 2.37. The third-order valence-electron chi connectivity index (χ3n) is 4.65. The first kappa shape index (κ1) is 22.1. The van der Waals surface area contributed by atoms with Crippen molar-refractivity contribution in [1.82, 2.24) is 5.32 Å².